The summed E-state index contributed by atoms with van der Waals surface area (Å²) in [5, 5.41) is 0. The van der Waals surface area contributed by atoms with Crippen LogP contribution in [0.2, 0.25) is 0 Å². The zero-order valence-electron chi connectivity index (χ0n) is 7.27. The van der Waals surface area contributed by atoms with Gasteiger partial charge in [-0.15, -0.1) is 0 Å². The molecule has 0 spiro atoms. The van der Waals surface area contributed by atoms with Crippen LogP contribution < -0.4 is 0 Å². The molecule has 0 unspecified atom stereocenters. The van der Waals surface area contributed by atoms with Gasteiger partial charge in [-0.3, -0.25) is 0 Å². The standard InChI is InChI=1S/C5H14NO.CHF3/c1-5-7-6(2,3)4;2-1(3)4/h5H2,1-4H3;1H/q+1;. The van der Waals surface area contributed by atoms with Crippen LogP contribution in [0.15, 0.2) is 0 Å². The van der Waals surface area contributed by atoms with Crippen molar-refractivity contribution < 1.29 is 22.7 Å². The SMILES string of the molecule is CCO[N+](C)(C)C.FC(F)F. The molecule has 0 saturated heterocycles. The zero-order chi connectivity index (χ0) is 9.49. The molecule has 0 heterocycles. The first-order chi connectivity index (χ1) is 4.79. The van der Waals surface area contributed by atoms with Gasteiger partial charge in [-0.1, -0.05) is 0 Å². The van der Waals surface area contributed by atoms with Crippen LogP contribution in [-0.4, -0.2) is 39.1 Å². The quantitative estimate of drug-likeness (QED) is 0.458. The molecular formula is C6H15F3NO+. The molecule has 70 valence electrons. The summed E-state index contributed by atoms with van der Waals surface area (Å²) in [5.74, 6) is 0. The minimum Gasteiger partial charge on any atom is -0.204 e. The van der Waals surface area contributed by atoms with E-state index in [1.165, 1.54) is 0 Å². The summed E-state index contributed by atoms with van der Waals surface area (Å²) in [7, 11) is 5.97. The largest absolute Gasteiger partial charge is 0.379 e. The Morgan fingerprint density at radius 2 is 1.45 bits per heavy atom. The van der Waals surface area contributed by atoms with E-state index in [-0.39, 0.29) is 0 Å². The fourth-order valence-corrected chi connectivity index (χ4v) is 0.387. The van der Waals surface area contributed by atoms with Crippen LogP contribution >= 0.6 is 0 Å². The second kappa shape index (κ2) is 6.42. The number of rotatable bonds is 2. The topological polar surface area (TPSA) is 9.23 Å². The number of nitrogens with zero attached hydrogens (tertiary/aromatic N) is 1. The van der Waals surface area contributed by atoms with Crippen LogP contribution in [0.1, 0.15) is 6.92 Å². The molecule has 0 aliphatic rings. The van der Waals surface area contributed by atoms with Crippen molar-refractivity contribution in [2.75, 3.05) is 27.7 Å². The Bertz CT molecular complexity index is 79.6. The van der Waals surface area contributed by atoms with Gasteiger partial charge in [-0.2, -0.15) is 17.8 Å². The maximum atomic E-state index is 9.67. The molecule has 0 rings (SSSR count). The van der Waals surface area contributed by atoms with E-state index in [9.17, 15) is 13.2 Å². The fourth-order valence-electron chi connectivity index (χ4n) is 0.387. The van der Waals surface area contributed by atoms with E-state index in [0.717, 1.165) is 6.61 Å². The van der Waals surface area contributed by atoms with E-state index in [4.69, 9.17) is 4.84 Å². The second-order valence-corrected chi connectivity index (χ2v) is 2.55. The molecular weight excluding hydrogens is 159 g/mol. The molecule has 0 N–H and O–H groups in total. The summed E-state index contributed by atoms with van der Waals surface area (Å²) in [6, 6.07) is 0. The van der Waals surface area contributed by atoms with E-state index < -0.39 is 6.68 Å². The number of quaternary nitrogens is 1. The minimum atomic E-state index is -3.67. The van der Waals surface area contributed by atoms with Crippen LogP contribution in [0.25, 0.3) is 0 Å². The van der Waals surface area contributed by atoms with Gasteiger partial charge in [0.15, 0.2) is 0 Å². The molecule has 0 radical (unpaired) electrons. The highest BCUT2D eigenvalue weighted by atomic mass is 19.4. The predicted molar refractivity (Wildman–Crippen MR) is 36.8 cm³/mol. The van der Waals surface area contributed by atoms with Gasteiger partial charge in [0.25, 0.3) is 0 Å². The predicted octanol–water partition coefficient (Wildman–Crippen LogP) is 1.82. The van der Waals surface area contributed by atoms with Crippen molar-refractivity contribution in [3.63, 3.8) is 0 Å². The van der Waals surface area contributed by atoms with E-state index in [1.54, 1.807) is 0 Å². The summed E-state index contributed by atoms with van der Waals surface area (Å²) < 4.78 is 29.6. The number of hydroxylamine groups is 3. The lowest BCUT2D eigenvalue weighted by Gasteiger charge is -2.19. The zero-order valence-corrected chi connectivity index (χ0v) is 7.27. The Labute approximate surface area is 65.1 Å². The van der Waals surface area contributed by atoms with Crippen LogP contribution in [0.5, 0.6) is 0 Å². The molecule has 0 aromatic heterocycles. The van der Waals surface area contributed by atoms with E-state index in [1.807, 2.05) is 28.1 Å². The van der Waals surface area contributed by atoms with Crippen molar-refractivity contribution in [2.24, 2.45) is 0 Å². The van der Waals surface area contributed by atoms with Gasteiger partial charge in [0, 0.05) is 0 Å². The van der Waals surface area contributed by atoms with Crippen LogP contribution in [0.3, 0.4) is 0 Å². The first-order valence-electron chi connectivity index (χ1n) is 3.17. The number of hydrogen-bond donors (Lipinski definition) is 0. The van der Waals surface area contributed by atoms with Crippen LogP contribution in [-0.2, 0) is 4.84 Å². The second-order valence-electron chi connectivity index (χ2n) is 2.55. The average Bonchev–Trinajstić information content (AvgIpc) is 1.58. The number of hydrogen-bond acceptors (Lipinski definition) is 1. The summed E-state index contributed by atoms with van der Waals surface area (Å²) in [6.45, 7) is -0.896. The first kappa shape index (κ1) is 13.3. The van der Waals surface area contributed by atoms with Gasteiger partial charge in [-0.25, -0.2) is 4.84 Å². The van der Waals surface area contributed by atoms with E-state index in [0.29, 0.717) is 4.65 Å². The Hall–Kier alpha value is -0.290. The Kier molecular flexibility index (Phi) is 7.77. The Balaban J connectivity index is 0. The molecule has 0 saturated carbocycles. The lowest BCUT2D eigenvalue weighted by Crippen LogP contribution is -2.34. The maximum absolute atomic E-state index is 9.67. The third-order valence-electron chi connectivity index (χ3n) is 0.516. The summed E-state index contributed by atoms with van der Waals surface area (Å²) >= 11 is 0. The van der Waals surface area contributed by atoms with Crippen molar-refractivity contribution in [3.8, 4) is 0 Å². The number of alkyl halides is 3. The van der Waals surface area contributed by atoms with Gasteiger partial charge in [0.1, 0.15) is 6.61 Å². The van der Waals surface area contributed by atoms with Crippen molar-refractivity contribution in [3.05, 3.63) is 0 Å². The van der Waals surface area contributed by atoms with Crippen molar-refractivity contribution in [1.82, 2.24) is 0 Å². The van der Waals surface area contributed by atoms with Crippen molar-refractivity contribution in [1.29, 1.82) is 0 Å². The lowest BCUT2D eigenvalue weighted by molar-refractivity contribution is -1.06. The summed E-state index contributed by atoms with van der Waals surface area (Å²) in [6.07, 6.45) is 0. The highest BCUT2D eigenvalue weighted by Gasteiger charge is 2.03. The van der Waals surface area contributed by atoms with Gasteiger partial charge >= 0.3 is 6.68 Å². The fraction of sp³-hybridized carbons (Fsp3) is 1.00. The van der Waals surface area contributed by atoms with E-state index in [2.05, 4.69) is 0 Å². The minimum absolute atomic E-state index is 0.594. The summed E-state index contributed by atoms with van der Waals surface area (Å²) in [4.78, 5) is 5.17. The smallest absolute Gasteiger partial charge is 0.204 e. The normalized spacial score (nSPS) is 10.9. The molecule has 11 heavy (non-hydrogen) atoms. The van der Waals surface area contributed by atoms with Crippen molar-refractivity contribution >= 4 is 0 Å². The maximum Gasteiger partial charge on any atom is 0.379 e. The average molecular weight is 174 g/mol. The van der Waals surface area contributed by atoms with E-state index >= 15 is 0 Å². The lowest BCUT2D eigenvalue weighted by atomic mass is 10.9. The third kappa shape index (κ3) is 41.9. The molecule has 0 aromatic rings. The Morgan fingerprint density at radius 3 is 1.45 bits per heavy atom. The highest BCUT2D eigenvalue weighted by Crippen LogP contribution is 1.88. The molecule has 0 fully saturated rings. The van der Waals surface area contributed by atoms with Gasteiger partial charge < -0.3 is 0 Å². The van der Waals surface area contributed by atoms with Crippen LogP contribution in [0.4, 0.5) is 13.2 Å². The first-order valence-corrected chi connectivity index (χ1v) is 3.17. The molecule has 0 aliphatic carbocycles. The van der Waals surface area contributed by atoms with Gasteiger partial charge in [-0.05, 0) is 6.92 Å². The summed E-state index contributed by atoms with van der Waals surface area (Å²) in [5.41, 5.74) is 0. The molecule has 0 aromatic carbocycles. The number of halogens is 3. The molecule has 0 amide bonds. The molecule has 0 aliphatic heterocycles. The Morgan fingerprint density at radius 1 is 1.18 bits per heavy atom. The van der Waals surface area contributed by atoms with Crippen molar-refractivity contribution in [2.45, 2.75) is 13.6 Å². The highest BCUT2D eigenvalue weighted by molar-refractivity contribution is 3.95. The molecule has 0 atom stereocenters. The van der Waals surface area contributed by atoms with Gasteiger partial charge in [0.2, 0.25) is 0 Å². The molecule has 2 nitrogen and oxygen atoms in total. The van der Waals surface area contributed by atoms with Crippen LogP contribution in [0, 0.1) is 0 Å². The molecule has 5 heteroatoms. The third-order valence-corrected chi connectivity index (χ3v) is 0.516. The van der Waals surface area contributed by atoms with Gasteiger partial charge in [0.05, 0.1) is 21.1 Å². The monoisotopic (exact) mass is 174 g/mol. The molecule has 0 bridgehead atoms.